The average molecular weight is 200 g/mol. The Morgan fingerprint density at radius 2 is 2.31 bits per heavy atom. The number of likely N-dealkylation sites (N-methyl/N-ethyl adjacent to an activating group) is 1. The van der Waals surface area contributed by atoms with E-state index in [0.717, 1.165) is 13.1 Å². The highest BCUT2D eigenvalue weighted by molar-refractivity contribution is 7.98. The minimum absolute atomic E-state index is 0.641. The van der Waals surface area contributed by atoms with E-state index >= 15 is 0 Å². The monoisotopic (exact) mass is 200 g/mol. The highest BCUT2D eigenvalue weighted by Gasteiger charge is 2.06. The van der Waals surface area contributed by atoms with Crippen molar-refractivity contribution in [3.05, 3.63) is 0 Å². The number of nitrogens with one attached hydrogen (secondary N) is 1. The Morgan fingerprint density at radius 3 is 2.85 bits per heavy atom. The number of hydrogen-bond donors (Lipinski definition) is 1. The van der Waals surface area contributed by atoms with Crippen LogP contribution in [-0.4, -0.2) is 49.6 Å². The molecule has 13 heavy (non-hydrogen) atoms. The van der Waals surface area contributed by atoms with Gasteiger partial charge in [0.1, 0.15) is 0 Å². The molecule has 0 aliphatic heterocycles. The standard InChI is InChI=1S/C10H20N2S/c1-5-6-11-7-8-12(3)10(2)9-13-4/h1,10-11H,6-9H2,2-4H3. The molecule has 0 saturated carbocycles. The maximum absolute atomic E-state index is 5.12. The van der Waals surface area contributed by atoms with E-state index in [1.807, 2.05) is 11.8 Å². The third-order valence-corrected chi connectivity index (χ3v) is 2.84. The quantitative estimate of drug-likeness (QED) is 0.485. The lowest BCUT2D eigenvalue weighted by Gasteiger charge is -2.23. The van der Waals surface area contributed by atoms with Crippen LogP contribution in [0, 0.1) is 12.3 Å². The largest absolute Gasteiger partial charge is 0.305 e. The van der Waals surface area contributed by atoms with E-state index in [1.54, 1.807) is 0 Å². The molecule has 0 aliphatic rings. The van der Waals surface area contributed by atoms with Crippen molar-refractivity contribution in [2.45, 2.75) is 13.0 Å². The lowest BCUT2D eigenvalue weighted by molar-refractivity contribution is 0.279. The third-order valence-electron chi connectivity index (χ3n) is 2.03. The van der Waals surface area contributed by atoms with Gasteiger partial charge in [-0.25, -0.2) is 0 Å². The Labute approximate surface area is 86.5 Å². The summed E-state index contributed by atoms with van der Waals surface area (Å²) in [5.41, 5.74) is 0. The van der Waals surface area contributed by atoms with Crippen LogP contribution in [0.1, 0.15) is 6.92 Å². The Bertz CT molecular complexity index is 153. The van der Waals surface area contributed by atoms with Gasteiger partial charge in [-0.2, -0.15) is 11.8 Å². The van der Waals surface area contributed by atoms with Gasteiger partial charge in [0.05, 0.1) is 6.54 Å². The molecule has 0 aromatic rings. The molecule has 1 atom stereocenters. The maximum atomic E-state index is 5.12. The van der Waals surface area contributed by atoms with E-state index < -0.39 is 0 Å². The molecule has 0 heterocycles. The van der Waals surface area contributed by atoms with E-state index in [9.17, 15) is 0 Å². The second-order valence-electron chi connectivity index (χ2n) is 3.17. The van der Waals surface area contributed by atoms with Crippen molar-refractivity contribution >= 4 is 11.8 Å². The molecule has 0 aromatic heterocycles. The number of hydrogen-bond acceptors (Lipinski definition) is 3. The summed E-state index contributed by atoms with van der Waals surface area (Å²) in [5, 5.41) is 3.18. The fraction of sp³-hybridized carbons (Fsp3) is 0.800. The van der Waals surface area contributed by atoms with Crippen LogP contribution in [0.25, 0.3) is 0 Å². The smallest absolute Gasteiger partial charge is 0.0574 e. The van der Waals surface area contributed by atoms with Crippen molar-refractivity contribution < 1.29 is 0 Å². The molecule has 1 N–H and O–H groups in total. The number of rotatable bonds is 7. The van der Waals surface area contributed by atoms with Crippen LogP contribution < -0.4 is 5.32 Å². The van der Waals surface area contributed by atoms with Gasteiger partial charge < -0.3 is 10.2 Å². The molecule has 0 bridgehead atoms. The first-order valence-corrected chi connectivity index (χ1v) is 5.95. The molecule has 0 spiro atoms. The summed E-state index contributed by atoms with van der Waals surface area (Å²) in [6, 6.07) is 0.641. The van der Waals surface area contributed by atoms with Crippen molar-refractivity contribution in [1.29, 1.82) is 0 Å². The zero-order valence-corrected chi connectivity index (χ0v) is 9.66. The predicted molar refractivity (Wildman–Crippen MR) is 62.2 cm³/mol. The highest BCUT2D eigenvalue weighted by Crippen LogP contribution is 2.02. The van der Waals surface area contributed by atoms with E-state index in [0.29, 0.717) is 12.6 Å². The van der Waals surface area contributed by atoms with Crippen LogP contribution in [-0.2, 0) is 0 Å². The Morgan fingerprint density at radius 1 is 1.62 bits per heavy atom. The zero-order chi connectivity index (χ0) is 10.1. The fourth-order valence-electron chi connectivity index (χ4n) is 1.00. The van der Waals surface area contributed by atoms with Crippen LogP contribution in [0.15, 0.2) is 0 Å². The van der Waals surface area contributed by atoms with Crippen molar-refractivity contribution in [1.82, 2.24) is 10.2 Å². The second kappa shape index (κ2) is 8.43. The second-order valence-corrected chi connectivity index (χ2v) is 4.08. The van der Waals surface area contributed by atoms with Crippen LogP contribution in [0.4, 0.5) is 0 Å². The molecular formula is C10H20N2S. The van der Waals surface area contributed by atoms with Gasteiger partial charge in [0.15, 0.2) is 0 Å². The molecule has 0 radical (unpaired) electrons. The number of terminal acetylenes is 1. The molecule has 3 heteroatoms. The summed E-state index contributed by atoms with van der Waals surface area (Å²) < 4.78 is 0. The summed E-state index contributed by atoms with van der Waals surface area (Å²) in [7, 11) is 2.15. The van der Waals surface area contributed by atoms with Crippen LogP contribution in [0.2, 0.25) is 0 Å². The summed E-state index contributed by atoms with van der Waals surface area (Å²) in [4.78, 5) is 2.35. The number of thioether (sulfide) groups is 1. The van der Waals surface area contributed by atoms with Gasteiger partial charge in [-0.3, -0.25) is 0 Å². The maximum Gasteiger partial charge on any atom is 0.0574 e. The van der Waals surface area contributed by atoms with Crippen LogP contribution >= 0.6 is 11.8 Å². The van der Waals surface area contributed by atoms with Gasteiger partial charge in [-0.15, -0.1) is 6.42 Å². The van der Waals surface area contributed by atoms with E-state index in [-0.39, 0.29) is 0 Å². The summed E-state index contributed by atoms with van der Waals surface area (Å²) in [5.74, 6) is 3.75. The van der Waals surface area contributed by atoms with Gasteiger partial charge >= 0.3 is 0 Å². The van der Waals surface area contributed by atoms with Crippen molar-refractivity contribution in [3.8, 4) is 12.3 Å². The van der Waals surface area contributed by atoms with Crippen LogP contribution in [0.5, 0.6) is 0 Å². The molecule has 76 valence electrons. The SMILES string of the molecule is C#CCNCCN(C)C(C)CSC. The van der Waals surface area contributed by atoms with Gasteiger partial charge in [-0.05, 0) is 20.2 Å². The first-order chi connectivity index (χ1) is 6.22. The van der Waals surface area contributed by atoms with Crippen molar-refractivity contribution in [2.24, 2.45) is 0 Å². The van der Waals surface area contributed by atoms with E-state index in [2.05, 4.69) is 36.4 Å². The van der Waals surface area contributed by atoms with Gasteiger partial charge in [0.25, 0.3) is 0 Å². The zero-order valence-electron chi connectivity index (χ0n) is 8.84. The highest BCUT2D eigenvalue weighted by atomic mass is 32.2. The third kappa shape index (κ3) is 6.94. The molecular weight excluding hydrogens is 180 g/mol. The molecule has 0 amide bonds. The number of nitrogens with zero attached hydrogens (tertiary/aromatic N) is 1. The molecule has 2 nitrogen and oxygen atoms in total. The molecule has 0 aliphatic carbocycles. The molecule has 0 saturated heterocycles. The van der Waals surface area contributed by atoms with Crippen LogP contribution in [0.3, 0.4) is 0 Å². The van der Waals surface area contributed by atoms with E-state index in [4.69, 9.17) is 6.42 Å². The lowest BCUT2D eigenvalue weighted by atomic mass is 10.3. The normalized spacial score (nSPS) is 12.8. The summed E-state index contributed by atoms with van der Waals surface area (Å²) in [6.45, 7) is 4.95. The molecule has 0 fully saturated rings. The summed E-state index contributed by atoms with van der Waals surface area (Å²) >= 11 is 1.89. The van der Waals surface area contributed by atoms with Gasteiger partial charge in [-0.1, -0.05) is 5.92 Å². The molecule has 0 rings (SSSR count). The summed E-state index contributed by atoms with van der Waals surface area (Å²) in [6.07, 6.45) is 7.26. The minimum Gasteiger partial charge on any atom is -0.305 e. The predicted octanol–water partition coefficient (Wildman–Crippen LogP) is 0.892. The van der Waals surface area contributed by atoms with E-state index in [1.165, 1.54) is 5.75 Å². The minimum atomic E-state index is 0.641. The van der Waals surface area contributed by atoms with Crippen molar-refractivity contribution in [2.75, 3.05) is 38.7 Å². The molecule has 1 unspecified atom stereocenters. The lowest BCUT2D eigenvalue weighted by Crippen LogP contribution is -2.36. The Balaban J connectivity index is 3.39. The first kappa shape index (κ1) is 12.8. The first-order valence-electron chi connectivity index (χ1n) is 4.55. The van der Waals surface area contributed by atoms with Gasteiger partial charge in [0.2, 0.25) is 0 Å². The average Bonchev–Trinajstić information content (AvgIpc) is 2.12. The Kier molecular flexibility index (Phi) is 8.32. The topological polar surface area (TPSA) is 15.3 Å². The molecule has 0 aromatic carbocycles. The van der Waals surface area contributed by atoms with Gasteiger partial charge in [0, 0.05) is 24.9 Å². The Hall–Kier alpha value is -0.170. The fourth-order valence-corrected chi connectivity index (χ4v) is 1.74. The van der Waals surface area contributed by atoms with Crippen molar-refractivity contribution in [3.63, 3.8) is 0 Å².